The lowest BCUT2D eigenvalue weighted by molar-refractivity contribution is -0.140. The molecule has 1 aromatic rings. The van der Waals surface area contributed by atoms with Crippen molar-refractivity contribution in [2.24, 2.45) is 5.92 Å². The first-order chi connectivity index (χ1) is 13.1. The highest BCUT2D eigenvalue weighted by molar-refractivity contribution is 9.10. The number of carbonyl (C=O) groups excluding carboxylic acids is 2. The highest BCUT2D eigenvalue weighted by atomic mass is 79.9. The molecule has 0 spiro atoms. The van der Waals surface area contributed by atoms with Crippen molar-refractivity contribution in [2.75, 3.05) is 32.7 Å². The zero-order chi connectivity index (χ0) is 19.2. The number of rotatable bonds is 6. The van der Waals surface area contributed by atoms with Crippen LogP contribution in [0.3, 0.4) is 0 Å². The molecule has 27 heavy (non-hydrogen) atoms. The number of nitrogens with zero attached hydrogens (tertiary/aromatic N) is 2. The number of carbonyl (C=O) groups is 2. The summed E-state index contributed by atoms with van der Waals surface area (Å²) in [5.74, 6) is 0.154. The molecule has 2 fully saturated rings. The molecule has 1 N–H and O–H groups in total. The second-order valence-electron chi connectivity index (χ2n) is 7.61. The van der Waals surface area contributed by atoms with Gasteiger partial charge in [0.25, 0.3) is 0 Å². The molecule has 5 nitrogen and oxygen atoms in total. The van der Waals surface area contributed by atoms with Crippen LogP contribution in [0.4, 0.5) is 0 Å². The fraction of sp³-hybridized carbons (Fsp3) is 0.619. The summed E-state index contributed by atoms with van der Waals surface area (Å²) >= 11 is 3.48. The first-order valence-electron chi connectivity index (χ1n) is 10.2. The highest BCUT2D eigenvalue weighted by Crippen LogP contribution is 2.30. The Kier molecular flexibility index (Phi) is 7.30. The van der Waals surface area contributed by atoms with Crippen molar-refractivity contribution >= 4 is 27.7 Å². The summed E-state index contributed by atoms with van der Waals surface area (Å²) in [6, 6.07) is 7.85. The molecule has 2 amide bonds. The first kappa shape index (κ1) is 20.3. The minimum absolute atomic E-state index is 0.0848. The van der Waals surface area contributed by atoms with Crippen LogP contribution >= 0.6 is 15.9 Å². The summed E-state index contributed by atoms with van der Waals surface area (Å²) in [6.07, 6.45) is 4.97. The first-order valence-corrected chi connectivity index (χ1v) is 11.0. The predicted molar refractivity (Wildman–Crippen MR) is 110 cm³/mol. The van der Waals surface area contributed by atoms with Crippen LogP contribution in [0.5, 0.6) is 0 Å². The number of benzene rings is 1. The molecule has 0 bridgehead atoms. The van der Waals surface area contributed by atoms with E-state index in [1.807, 2.05) is 29.2 Å². The van der Waals surface area contributed by atoms with Gasteiger partial charge in [0.15, 0.2) is 0 Å². The number of nitrogens with one attached hydrogen (secondary N) is 1. The number of amides is 2. The molecule has 2 saturated heterocycles. The Morgan fingerprint density at radius 3 is 2.52 bits per heavy atom. The Morgan fingerprint density at radius 2 is 1.85 bits per heavy atom. The molecule has 2 aliphatic rings. The Labute approximate surface area is 170 Å². The average molecular weight is 436 g/mol. The normalized spacial score (nSPS) is 21.9. The summed E-state index contributed by atoms with van der Waals surface area (Å²) < 4.78 is 1.02. The molecule has 148 valence electrons. The van der Waals surface area contributed by atoms with Gasteiger partial charge in [-0.3, -0.25) is 14.5 Å². The lowest BCUT2D eigenvalue weighted by Crippen LogP contribution is -2.49. The summed E-state index contributed by atoms with van der Waals surface area (Å²) in [6.45, 7) is 5.96. The van der Waals surface area contributed by atoms with Crippen LogP contribution < -0.4 is 5.32 Å². The maximum absolute atomic E-state index is 13.5. The van der Waals surface area contributed by atoms with Gasteiger partial charge in [-0.1, -0.05) is 35.0 Å². The van der Waals surface area contributed by atoms with Crippen LogP contribution in [-0.2, 0) is 9.59 Å². The molecule has 2 atom stereocenters. The van der Waals surface area contributed by atoms with E-state index in [0.717, 1.165) is 61.8 Å². The molecule has 0 aromatic heterocycles. The topological polar surface area (TPSA) is 52.7 Å². The van der Waals surface area contributed by atoms with Gasteiger partial charge in [0.1, 0.15) is 6.04 Å². The third kappa shape index (κ3) is 5.11. The third-order valence-corrected chi connectivity index (χ3v) is 6.11. The van der Waals surface area contributed by atoms with Gasteiger partial charge in [-0.25, -0.2) is 0 Å². The van der Waals surface area contributed by atoms with Gasteiger partial charge in [0.2, 0.25) is 11.8 Å². The SMILES string of the molecule is CCCNC(=O)[C@@H]1CCCN(C(=O)[C@@H](c2ccc(Br)cc2)N2CCCC2)C1. The van der Waals surface area contributed by atoms with Crippen molar-refractivity contribution in [1.82, 2.24) is 15.1 Å². The molecule has 0 unspecified atom stereocenters. The number of hydrogen-bond donors (Lipinski definition) is 1. The molecule has 3 rings (SSSR count). The molecule has 2 heterocycles. The Balaban J connectivity index is 1.74. The largest absolute Gasteiger partial charge is 0.356 e. The van der Waals surface area contributed by atoms with E-state index in [1.165, 1.54) is 0 Å². The maximum Gasteiger partial charge on any atom is 0.244 e. The number of halogens is 1. The summed E-state index contributed by atoms with van der Waals surface area (Å²) in [5, 5.41) is 2.99. The predicted octanol–water partition coefficient (Wildman–Crippen LogP) is 3.35. The molecule has 1 aromatic carbocycles. The third-order valence-electron chi connectivity index (χ3n) is 5.58. The van der Waals surface area contributed by atoms with Crippen molar-refractivity contribution in [2.45, 2.75) is 45.1 Å². The van der Waals surface area contributed by atoms with Crippen LogP contribution in [-0.4, -0.2) is 54.3 Å². The Bertz CT molecular complexity index is 643. The van der Waals surface area contributed by atoms with E-state index < -0.39 is 0 Å². The zero-order valence-electron chi connectivity index (χ0n) is 16.1. The molecule has 0 saturated carbocycles. The minimum Gasteiger partial charge on any atom is -0.356 e. The van der Waals surface area contributed by atoms with Crippen LogP contribution in [0.15, 0.2) is 28.7 Å². The van der Waals surface area contributed by atoms with E-state index >= 15 is 0 Å². The van der Waals surface area contributed by atoms with Crippen molar-refractivity contribution in [3.8, 4) is 0 Å². The van der Waals surface area contributed by atoms with Gasteiger partial charge < -0.3 is 10.2 Å². The van der Waals surface area contributed by atoms with Crippen molar-refractivity contribution in [1.29, 1.82) is 0 Å². The standard InChI is InChI=1S/C21H30BrN3O2/c1-2-11-23-20(26)17-6-5-14-25(15-17)21(27)19(24-12-3-4-13-24)16-7-9-18(22)10-8-16/h7-10,17,19H,2-6,11-15H2,1H3,(H,23,26)/t17-,19-/m1/s1. The van der Waals surface area contributed by atoms with Gasteiger partial charge in [0.05, 0.1) is 5.92 Å². The monoisotopic (exact) mass is 435 g/mol. The van der Waals surface area contributed by atoms with Crippen LogP contribution in [0.1, 0.15) is 50.6 Å². The highest BCUT2D eigenvalue weighted by Gasteiger charge is 2.36. The fourth-order valence-corrected chi connectivity index (χ4v) is 4.38. The van der Waals surface area contributed by atoms with E-state index in [1.54, 1.807) is 0 Å². The summed E-state index contributed by atoms with van der Waals surface area (Å²) in [7, 11) is 0. The second kappa shape index (κ2) is 9.69. The zero-order valence-corrected chi connectivity index (χ0v) is 17.7. The minimum atomic E-state index is -0.238. The summed E-state index contributed by atoms with van der Waals surface area (Å²) in [4.78, 5) is 30.1. The molecule has 0 aliphatic carbocycles. The van der Waals surface area contributed by atoms with Gasteiger partial charge in [0, 0.05) is 24.1 Å². The lowest BCUT2D eigenvalue weighted by atomic mass is 9.95. The quantitative estimate of drug-likeness (QED) is 0.744. The van der Waals surface area contributed by atoms with Gasteiger partial charge in [-0.15, -0.1) is 0 Å². The molecular weight excluding hydrogens is 406 g/mol. The fourth-order valence-electron chi connectivity index (χ4n) is 4.11. The lowest BCUT2D eigenvalue weighted by Gasteiger charge is -2.37. The van der Waals surface area contributed by atoms with Crippen LogP contribution in [0.25, 0.3) is 0 Å². The van der Waals surface area contributed by atoms with Crippen molar-refractivity contribution < 1.29 is 9.59 Å². The smallest absolute Gasteiger partial charge is 0.244 e. The molecule has 0 radical (unpaired) electrons. The molecular formula is C21H30BrN3O2. The number of likely N-dealkylation sites (tertiary alicyclic amines) is 2. The maximum atomic E-state index is 13.5. The Hall–Kier alpha value is -1.40. The van der Waals surface area contributed by atoms with Gasteiger partial charge in [-0.05, 0) is 62.9 Å². The van der Waals surface area contributed by atoms with E-state index in [0.29, 0.717) is 13.1 Å². The second-order valence-corrected chi connectivity index (χ2v) is 8.53. The van der Waals surface area contributed by atoms with Gasteiger partial charge in [-0.2, -0.15) is 0 Å². The molecule has 2 aliphatic heterocycles. The van der Waals surface area contributed by atoms with E-state index in [2.05, 4.69) is 33.1 Å². The van der Waals surface area contributed by atoms with Crippen molar-refractivity contribution in [3.05, 3.63) is 34.3 Å². The number of piperidine rings is 1. The van der Waals surface area contributed by atoms with Crippen LogP contribution in [0.2, 0.25) is 0 Å². The average Bonchev–Trinajstić information content (AvgIpc) is 3.22. The Morgan fingerprint density at radius 1 is 1.15 bits per heavy atom. The van der Waals surface area contributed by atoms with E-state index in [4.69, 9.17) is 0 Å². The van der Waals surface area contributed by atoms with Gasteiger partial charge >= 0.3 is 0 Å². The molecule has 6 heteroatoms. The van der Waals surface area contributed by atoms with Crippen molar-refractivity contribution in [3.63, 3.8) is 0 Å². The van der Waals surface area contributed by atoms with E-state index in [9.17, 15) is 9.59 Å². The van der Waals surface area contributed by atoms with Crippen LogP contribution in [0, 0.1) is 5.92 Å². The number of hydrogen-bond acceptors (Lipinski definition) is 3. The van der Waals surface area contributed by atoms with E-state index in [-0.39, 0.29) is 23.8 Å². The summed E-state index contributed by atoms with van der Waals surface area (Å²) in [5.41, 5.74) is 1.04.